The van der Waals surface area contributed by atoms with E-state index in [-0.39, 0.29) is 11.6 Å². The van der Waals surface area contributed by atoms with Crippen LogP contribution in [0.5, 0.6) is 0 Å². The number of hydrogen-bond acceptors (Lipinski definition) is 3. The molecule has 0 radical (unpaired) electrons. The molecule has 1 aromatic heterocycles. The standard InChI is InChI=1S/C13H11BrFNO3/c1-7-4-9(19-12(7)13(17)18)6-16-8-2-3-11(15)10(14)5-8/h2-5,16H,6H2,1H3,(H,17,18). The molecule has 0 atom stereocenters. The molecule has 1 aromatic carbocycles. The molecule has 0 fully saturated rings. The monoisotopic (exact) mass is 327 g/mol. The Bertz CT molecular complexity index is 624. The van der Waals surface area contributed by atoms with Crippen molar-refractivity contribution in [1.82, 2.24) is 0 Å². The van der Waals surface area contributed by atoms with Crippen molar-refractivity contribution in [1.29, 1.82) is 0 Å². The molecule has 1 heterocycles. The molecule has 0 bridgehead atoms. The predicted molar refractivity (Wildman–Crippen MR) is 71.8 cm³/mol. The van der Waals surface area contributed by atoms with Crippen LogP contribution in [0, 0.1) is 12.7 Å². The molecular weight excluding hydrogens is 317 g/mol. The van der Waals surface area contributed by atoms with E-state index in [1.54, 1.807) is 25.1 Å². The summed E-state index contributed by atoms with van der Waals surface area (Å²) in [6.45, 7) is 2.00. The molecule has 19 heavy (non-hydrogen) atoms. The van der Waals surface area contributed by atoms with Crippen LogP contribution in [0.2, 0.25) is 0 Å². The maximum atomic E-state index is 13.0. The normalized spacial score (nSPS) is 10.5. The summed E-state index contributed by atoms with van der Waals surface area (Å²) >= 11 is 3.09. The number of halogens is 2. The predicted octanol–water partition coefficient (Wildman–Crippen LogP) is 3.80. The van der Waals surface area contributed by atoms with Gasteiger partial charge in [-0.2, -0.15) is 0 Å². The lowest BCUT2D eigenvalue weighted by atomic mass is 10.2. The van der Waals surface area contributed by atoms with Gasteiger partial charge in [-0.1, -0.05) is 0 Å². The van der Waals surface area contributed by atoms with Crippen molar-refractivity contribution in [2.24, 2.45) is 0 Å². The summed E-state index contributed by atoms with van der Waals surface area (Å²) in [5.74, 6) is -0.978. The third kappa shape index (κ3) is 3.14. The van der Waals surface area contributed by atoms with Gasteiger partial charge >= 0.3 is 5.97 Å². The molecule has 6 heteroatoms. The topological polar surface area (TPSA) is 62.5 Å². The molecule has 0 amide bonds. The lowest BCUT2D eigenvalue weighted by Crippen LogP contribution is -1.99. The minimum atomic E-state index is -1.09. The minimum absolute atomic E-state index is 0.0583. The fraction of sp³-hybridized carbons (Fsp3) is 0.154. The number of carboxylic acid groups (broad SMARTS) is 1. The molecule has 100 valence electrons. The first kappa shape index (κ1) is 13.6. The number of hydrogen-bond donors (Lipinski definition) is 2. The average molecular weight is 328 g/mol. The number of rotatable bonds is 4. The molecule has 0 unspecified atom stereocenters. The second kappa shape index (κ2) is 5.44. The molecule has 2 N–H and O–H groups in total. The maximum Gasteiger partial charge on any atom is 0.372 e. The molecule has 0 aliphatic rings. The Morgan fingerprint density at radius 1 is 1.47 bits per heavy atom. The lowest BCUT2D eigenvalue weighted by molar-refractivity contribution is 0.0659. The zero-order valence-corrected chi connectivity index (χ0v) is 11.6. The van der Waals surface area contributed by atoms with Gasteiger partial charge in [-0.3, -0.25) is 0 Å². The van der Waals surface area contributed by atoms with Crippen molar-refractivity contribution < 1.29 is 18.7 Å². The third-order valence-corrected chi connectivity index (χ3v) is 3.16. The summed E-state index contributed by atoms with van der Waals surface area (Å²) in [7, 11) is 0. The fourth-order valence-electron chi connectivity index (χ4n) is 1.64. The van der Waals surface area contributed by atoms with E-state index in [1.165, 1.54) is 6.07 Å². The highest BCUT2D eigenvalue weighted by Crippen LogP contribution is 2.21. The Kier molecular flexibility index (Phi) is 3.90. The highest BCUT2D eigenvalue weighted by atomic mass is 79.9. The molecule has 0 saturated carbocycles. The maximum absolute atomic E-state index is 13.0. The zero-order chi connectivity index (χ0) is 14.0. The largest absolute Gasteiger partial charge is 0.475 e. The fourth-order valence-corrected chi connectivity index (χ4v) is 2.02. The molecule has 2 rings (SSSR count). The first-order valence-corrected chi connectivity index (χ1v) is 6.28. The van der Waals surface area contributed by atoms with E-state index in [4.69, 9.17) is 9.52 Å². The molecule has 0 spiro atoms. The van der Waals surface area contributed by atoms with E-state index < -0.39 is 5.97 Å². The smallest absolute Gasteiger partial charge is 0.372 e. The van der Waals surface area contributed by atoms with Crippen LogP contribution in [-0.4, -0.2) is 11.1 Å². The SMILES string of the molecule is Cc1cc(CNc2ccc(F)c(Br)c2)oc1C(=O)O. The van der Waals surface area contributed by atoms with Crippen LogP contribution in [-0.2, 0) is 6.54 Å². The van der Waals surface area contributed by atoms with Gasteiger partial charge in [0.1, 0.15) is 11.6 Å². The highest BCUT2D eigenvalue weighted by Gasteiger charge is 2.14. The average Bonchev–Trinajstić information content (AvgIpc) is 2.72. The number of carboxylic acids is 1. The number of aryl methyl sites for hydroxylation is 1. The van der Waals surface area contributed by atoms with E-state index in [1.807, 2.05) is 0 Å². The van der Waals surface area contributed by atoms with Gasteiger partial charge in [-0.15, -0.1) is 0 Å². The Morgan fingerprint density at radius 3 is 2.79 bits per heavy atom. The summed E-state index contributed by atoms with van der Waals surface area (Å²) in [5, 5.41) is 11.9. The van der Waals surface area contributed by atoms with Crippen LogP contribution in [0.1, 0.15) is 21.9 Å². The number of carbonyl (C=O) groups is 1. The number of anilines is 1. The Morgan fingerprint density at radius 2 is 2.21 bits per heavy atom. The summed E-state index contributed by atoms with van der Waals surface area (Å²) in [6.07, 6.45) is 0. The van der Waals surface area contributed by atoms with E-state index in [9.17, 15) is 9.18 Å². The van der Waals surface area contributed by atoms with Crippen molar-refractivity contribution in [3.63, 3.8) is 0 Å². The first-order valence-electron chi connectivity index (χ1n) is 5.49. The molecule has 2 aromatic rings. The van der Waals surface area contributed by atoms with Gasteiger partial charge in [0.2, 0.25) is 5.76 Å². The van der Waals surface area contributed by atoms with Gasteiger partial charge in [0.15, 0.2) is 0 Å². The number of furan rings is 1. The van der Waals surface area contributed by atoms with E-state index in [0.29, 0.717) is 28.0 Å². The van der Waals surface area contributed by atoms with Gasteiger partial charge < -0.3 is 14.8 Å². The van der Waals surface area contributed by atoms with Crippen molar-refractivity contribution in [3.05, 3.63) is 51.6 Å². The highest BCUT2D eigenvalue weighted by molar-refractivity contribution is 9.10. The molecule has 0 saturated heterocycles. The quantitative estimate of drug-likeness (QED) is 0.896. The first-order chi connectivity index (χ1) is 8.97. The van der Waals surface area contributed by atoms with Gasteiger partial charge in [0.25, 0.3) is 0 Å². The Labute approximate surface area is 117 Å². The molecule has 0 aliphatic carbocycles. The summed E-state index contributed by atoms with van der Waals surface area (Å²) < 4.78 is 18.6. The van der Waals surface area contributed by atoms with E-state index >= 15 is 0 Å². The zero-order valence-electron chi connectivity index (χ0n) is 10.0. The van der Waals surface area contributed by atoms with Crippen molar-refractivity contribution in [2.75, 3.05) is 5.32 Å². The van der Waals surface area contributed by atoms with Crippen molar-refractivity contribution >= 4 is 27.6 Å². The van der Waals surface area contributed by atoms with Crippen molar-refractivity contribution in [2.45, 2.75) is 13.5 Å². The number of aromatic carboxylic acids is 1. The molecule has 0 aliphatic heterocycles. The van der Waals surface area contributed by atoms with Gasteiger partial charge in [0.05, 0.1) is 11.0 Å². The summed E-state index contributed by atoms with van der Waals surface area (Å²) in [6, 6.07) is 6.19. The minimum Gasteiger partial charge on any atom is -0.475 e. The van der Waals surface area contributed by atoms with Crippen LogP contribution >= 0.6 is 15.9 Å². The van der Waals surface area contributed by atoms with E-state index in [0.717, 1.165) is 0 Å². The Hall–Kier alpha value is -1.82. The van der Waals surface area contributed by atoms with Crippen LogP contribution in [0.3, 0.4) is 0 Å². The number of nitrogens with one attached hydrogen (secondary N) is 1. The van der Waals surface area contributed by atoms with Gasteiger partial charge in [-0.25, -0.2) is 9.18 Å². The van der Waals surface area contributed by atoms with E-state index in [2.05, 4.69) is 21.2 Å². The number of benzene rings is 1. The molecular formula is C13H11BrFNO3. The van der Waals surface area contributed by atoms with Crippen molar-refractivity contribution in [3.8, 4) is 0 Å². The Balaban J connectivity index is 2.08. The van der Waals surface area contributed by atoms with Crippen LogP contribution in [0.25, 0.3) is 0 Å². The second-order valence-corrected chi connectivity index (χ2v) is 4.87. The second-order valence-electron chi connectivity index (χ2n) is 4.01. The summed E-state index contributed by atoms with van der Waals surface area (Å²) in [5.41, 5.74) is 1.28. The van der Waals surface area contributed by atoms with Gasteiger partial charge in [-0.05, 0) is 47.1 Å². The lowest BCUT2D eigenvalue weighted by Gasteiger charge is -2.05. The summed E-state index contributed by atoms with van der Waals surface area (Å²) in [4.78, 5) is 10.8. The van der Waals surface area contributed by atoms with Gasteiger partial charge in [0, 0.05) is 11.3 Å². The van der Waals surface area contributed by atoms with Crippen LogP contribution in [0.15, 0.2) is 33.2 Å². The van der Waals surface area contributed by atoms with Crippen LogP contribution in [0.4, 0.5) is 10.1 Å². The third-order valence-electron chi connectivity index (χ3n) is 2.55. The van der Waals surface area contributed by atoms with Crippen LogP contribution < -0.4 is 5.32 Å². The molecule has 4 nitrogen and oxygen atoms in total.